The summed E-state index contributed by atoms with van der Waals surface area (Å²) in [6.07, 6.45) is 1.16. The molecule has 210 valence electrons. The molecule has 0 aliphatic heterocycles. The van der Waals surface area contributed by atoms with E-state index in [1.165, 1.54) is 49.1 Å². The second-order valence-electron chi connectivity index (χ2n) is 10.7. The number of hydrogen-bond donors (Lipinski definition) is 1. The van der Waals surface area contributed by atoms with Crippen LogP contribution in [0.1, 0.15) is 77.8 Å². The van der Waals surface area contributed by atoms with Crippen molar-refractivity contribution >= 4 is 11.6 Å². The number of alkyl halides is 3. The van der Waals surface area contributed by atoms with Gasteiger partial charge in [-0.3, -0.25) is 4.79 Å². The van der Waals surface area contributed by atoms with E-state index in [9.17, 15) is 23.2 Å². The lowest BCUT2D eigenvalue weighted by Gasteiger charge is -2.24. The smallest absolute Gasteiger partial charge is 0.321 e. The molecule has 1 amide bonds. The molecule has 0 bridgehead atoms. The molecule has 0 saturated heterocycles. The van der Waals surface area contributed by atoms with Gasteiger partial charge in [-0.2, -0.15) is 23.5 Å². The molecule has 8 heteroatoms. The maximum Gasteiger partial charge on any atom is 0.435 e. The van der Waals surface area contributed by atoms with E-state index < -0.39 is 17.8 Å². The van der Waals surface area contributed by atoms with Gasteiger partial charge in [-0.05, 0) is 66.1 Å². The molecule has 1 aromatic heterocycles. The lowest BCUT2D eigenvalue weighted by atomic mass is 9.81. The zero-order chi connectivity index (χ0) is 29.0. The average Bonchev–Trinajstić information content (AvgIpc) is 3.67. The Labute approximate surface area is 237 Å². The molecule has 4 aromatic rings. The van der Waals surface area contributed by atoms with Crippen molar-refractivity contribution in [3.63, 3.8) is 0 Å². The first-order valence-electron chi connectivity index (χ1n) is 13.9. The van der Waals surface area contributed by atoms with Gasteiger partial charge in [0.2, 0.25) is 0 Å². The van der Waals surface area contributed by atoms with Crippen molar-refractivity contribution in [3.8, 4) is 11.8 Å². The third-order valence-electron chi connectivity index (χ3n) is 7.71. The van der Waals surface area contributed by atoms with Crippen LogP contribution in [0.2, 0.25) is 0 Å². The molecule has 1 fully saturated rings. The first-order chi connectivity index (χ1) is 19.7. The van der Waals surface area contributed by atoms with E-state index in [2.05, 4.69) is 29.5 Å². The van der Waals surface area contributed by atoms with Crippen LogP contribution >= 0.6 is 0 Å². The van der Waals surface area contributed by atoms with Crippen LogP contribution < -0.4 is 5.32 Å². The fraction of sp³-hybridized carbons (Fsp3) is 0.303. The molecule has 1 aliphatic carbocycles. The molecule has 5 rings (SSSR count). The highest BCUT2D eigenvalue weighted by atomic mass is 19.4. The number of nitrogens with zero attached hydrogens (tertiary/aromatic N) is 3. The number of rotatable bonds is 10. The average molecular weight is 557 g/mol. The van der Waals surface area contributed by atoms with Gasteiger partial charge in [0, 0.05) is 17.7 Å². The van der Waals surface area contributed by atoms with Gasteiger partial charge in [-0.25, -0.2) is 4.68 Å². The van der Waals surface area contributed by atoms with Crippen LogP contribution in [-0.4, -0.2) is 15.7 Å². The maximum atomic E-state index is 13.6. The minimum absolute atomic E-state index is 0.118. The summed E-state index contributed by atoms with van der Waals surface area (Å²) < 4.78 is 41.7. The number of amides is 1. The van der Waals surface area contributed by atoms with E-state index in [1.807, 2.05) is 42.5 Å². The van der Waals surface area contributed by atoms with Gasteiger partial charge in [0.15, 0.2) is 5.69 Å². The van der Waals surface area contributed by atoms with Gasteiger partial charge < -0.3 is 5.32 Å². The van der Waals surface area contributed by atoms with Crippen LogP contribution in [0.3, 0.4) is 0 Å². The number of aromatic nitrogens is 2. The number of carbonyl (C=O) groups is 1. The van der Waals surface area contributed by atoms with Crippen LogP contribution in [0.15, 0.2) is 84.9 Å². The van der Waals surface area contributed by atoms with Gasteiger partial charge >= 0.3 is 6.18 Å². The molecule has 1 N–H and O–H groups in total. The summed E-state index contributed by atoms with van der Waals surface area (Å²) >= 11 is 0. The van der Waals surface area contributed by atoms with Gasteiger partial charge in [0.25, 0.3) is 5.91 Å². The summed E-state index contributed by atoms with van der Waals surface area (Å²) in [5.41, 5.74) is 1.66. The fourth-order valence-corrected chi connectivity index (χ4v) is 5.35. The number of hydrogen-bond acceptors (Lipinski definition) is 3. The molecule has 2 atom stereocenters. The molecular formula is C33H31F3N4O. The van der Waals surface area contributed by atoms with E-state index in [4.69, 9.17) is 0 Å². The molecule has 2 unspecified atom stereocenters. The molecule has 1 heterocycles. The first kappa shape index (κ1) is 28.2. The number of halogens is 3. The van der Waals surface area contributed by atoms with Crippen LogP contribution in [0, 0.1) is 23.2 Å². The van der Waals surface area contributed by atoms with Crippen LogP contribution in [0.4, 0.5) is 18.9 Å². The second-order valence-corrected chi connectivity index (χ2v) is 10.7. The summed E-state index contributed by atoms with van der Waals surface area (Å²) in [5.74, 6) is 0.782. The highest BCUT2D eigenvalue weighted by molar-refractivity contribution is 6.03. The minimum atomic E-state index is -4.74. The number of benzene rings is 3. The summed E-state index contributed by atoms with van der Waals surface area (Å²) in [6, 6.07) is 26.4. The zero-order valence-electron chi connectivity index (χ0n) is 22.7. The highest BCUT2D eigenvalue weighted by Crippen LogP contribution is 2.41. The van der Waals surface area contributed by atoms with Crippen molar-refractivity contribution in [2.24, 2.45) is 11.8 Å². The summed E-state index contributed by atoms with van der Waals surface area (Å²) in [6.45, 7) is 2.23. The Morgan fingerprint density at radius 1 is 1.02 bits per heavy atom. The van der Waals surface area contributed by atoms with Crippen molar-refractivity contribution in [1.29, 1.82) is 5.26 Å². The number of nitrogens with one attached hydrogen (secondary N) is 1. The minimum Gasteiger partial charge on any atom is -0.321 e. The van der Waals surface area contributed by atoms with E-state index in [0.717, 1.165) is 35.1 Å². The normalized spacial score (nSPS) is 14.7. The van der Waals surface area contributed by atoms with Crippen molar-refractivity contribution in [2.75, 3.05) is 5.32 Å². The Bertz CT molecular complexity index is 1550. The number of nitriles is 1. The third-order valence-corrected chi connectivity index (χ3v) is 7.71. The van der Waals surface area contributed by atoms with Gasteiger partial charge in [0.05, 0.1) is 17.3 Å². The van der Waals surface area contributed by atoms with Crippen LogP contribution in [-0.2, 0) is 6.18 Å². The van der Waals surface area contributed by atoms with Crippen LogP contribution in [0.25, 0.3) is 5.69 Å². The molecule has 0 spiro atoms. The van der Waals surface area contributed by atoms with Crippen molar-refractivity contribution in [3.05, 3.63) is 113 Å². The lowest BCUT2D eigenvalue weighted by Crippen LogP contribution is -2.17. The zero-order valence-corrected chi connectivity index (χ0v) is 22.7. The van der Waals surface area contributed by atoms with Gasteiger partial charge in [-0.15, -0.1) is 0 Å². The lowest BCUT2D eigenvalue weighted by molar-refractivity contribution is -0.141. The molecule has 1 aliphatic rings. The fourth-order valence-electron chi connectivity index (χ4n) is 5.35. The molecule has 1 saturated carbocycles. The van der Waals surface area contributed by atoms with Gasteiger partial charge in [0.1, 0.15) is 5.69 Å². The molecular weight excluding hydrogens is 525 g/mol. The molecule has 3 aromatic carbocycles. The monoisotopic (exact) mass is 556 g/mol. The van der Waals surface area contributed by atoms with E-state index >= 15 is 0 Å². The Morgan fingerprint density at radius 3 is 2.44 bits per heavy atom. The highest BCUT2D eigenvalue weighted by Gasteiger charge is 2.36. The van der Waals surface area contributed by atoms with E-state index in [-0.39, 0.29) is 22.9 Å². The SMILES string of the molecule is CCC(CC1CC1)CC(c1ccccc1)c1cccc(NC(=O)c2cc(C(F)(F)F)nn2-c2cccc(C#N)c2)c1. The second kappa shape index (κ2) is 12.0. The van der Waals surface area contributed by atoms with Crippen LogP contribution in [0.5, 0.6) is 0 Å². The van der Waals surface area contributed by atoms with Crippen molar-refractivity contribution in [2.45, 2.75) is 51.1 Å². The largest absolute Gasteiger partial charge is 0.435 e. The standard InChI is InChI=1S/C33H31F3N4O/c1-2-22(16-23-14-15-23)18-29(25-9-4-3-5-10-25)26-11-7-12-27(19-26)38-32(41)30-20-31(33(34,35)36)39-40(30)28-13-6-8-24(17-28)21-37/h3-13,17,19-20,22-23,29H,2,14-16,18H2,1H3,(H,38,41). The first-order valence-corrected chi connectivity index (χ1v) is 13.9. The number of anilines is 1. The summed E-state index contributed by atoms with van der Waals surface area (Å²) in [5, 5.41) is 15.7. The summed E-state index contributed by atoms with van der Waals surface area (Å²) in [7, 11) is 0. The van der Waals surface area contributed by atoms with E-state index in [0.29, 0.717) is 11.6 Å². The summed E-state index contributed by atoms with van der Waals surface area (Å²) in [4.78, 5) is 13.4. The van der Waals surface area contributed by atoms with E-state index in [1.54, 1.807) is 6.07 Å². The Hall–Kier alpha value is -4.38. The topological polar surface area (TPSA) is 70.7 Å². The quantitative estimate of drug-likeness (QED) is 0.213. The van der Waals surface area contributed by atoms with Crippen molar-refractivity contribution in [1.82, 2.24) is 9.78 Å². The Balaban J connectivity index is 1.45. The van der Waals surface area contributed by atoms with Gasteiger partial charge in [-0.1, -0.05) is 74.7 Å². The molecule has 0 radical (unpaired) electrons. The maximum absolute atomic E-state index is 13.6. The number of carbonyl (C=O) groups excluding carboxylic acids is 1. The predicted octanol–water partition coefficient (Wildman–Crippen LogP) is 8.36. The predicted molar refractivity (Wildman–Crippen MR) is 152 cm³/mol. The Morgan fingerprint density at radius 2 is 1.76 bits per heavy atom. The third kappa shape index (κ3) is 6.86. The molecule has 5 nitrogen and oxygen atoms in total. The van der Waals surface area contributed by atoms with Crippen molar-refractivity contribution < 1.29 is 18.0 Å². The Kier molecular flexibility index (Phi) is 8.25. The molecule has 41 heavy (non-hydrogen) atoms.